The van der Waals surface area contributed by atoms with Gasteiger partial charge in [-0.2, -0.15) is 0 Å². The van der Waals surface area contributed by atoms with Crippen molar-refractivity contribution in [2.75, 3.05) is 26.2 Å². The second-order valence-electron chi connectivity index (χ2n) is 5.76. The molecule has 0 saturated carbocycles. The first-order chi connectivity index (χ1) is 12.5. The molecule has 0 bridgehead atoms. The average Bonchev–Trinajstić information content (AvgIpc) is 2.65. The van der Waals surface area contributed by atoms with E-state index in [1.807, 2.05) is 24.3 Å². The summed E-state index contributed by atoms with van der Waals surface area (Å²) in [7, 11) is -3.71. The highest BCUT2D eigenvalue weighted by atomic mass is 32.2. The molecule has 0 aromatic heterocycles. The maximum absolute atomic E-state index is 13.0. The van der Waals surface area contributed by atoms with Gasteiger partial charge in [0.2, 0.25) is 10.0 Å². The van der Waals surface area contributed by atoms with Crippen molar-refractivity contribution in [3.05, 3.63) is 59.9 Å². The maximum Gasteiger partial charge on any atom is 0.240 e. The Morgan fingerprint density at radius 2 is 1.69 bits per heavy atom. The van der Waals surface area contributed by atoms with E-state index in [0.29, 0.717) is 12.4 Å². The second-order valence-corrected chi connectivity index (χ2v) is 7.53. The number of hydrogen-bond donors (Lipinski definition) is 1. The molecule has 2 aromatic rings. The predicted octanol–water partition coefficient (Wildman–Crippen LogP) is 3.02. The summed E-state index contributed by atoms with van der Waals surface area (Å²) in [5.74, 6) is 0.178. The molecule has 0 radical (unpaired) electrons. The number of benzene rings is 2. The molecule has 2 aromatic carbocycles. The molecule has 0 heterocycles. The van der Waals surface area contributed by atoms with E-state index in [2.05, 4.69) is 23.5 Å². The van der Waals surface area contributed by atoms with Crippen LogP contribution in [0.2, 0.25) is 0 Å². The number of hydrogen-bond acceptors (Lipinski definition) is 4. The van der Waals surface area contributed by atoms with Crippen LogP contribution in [0.5, 0.6) is 5.75 Å². The van der Waals surface area contributed by atoms with Crippen LogP contribution in [0.1, 0.15) is 19.4 Å². The lowest BCUT2D eigenvalue weighted by Gasteiger charge is -2.19. The fourth-order valence-electron chi connectivity index (χ4n) is 2.49. The normalized spacial score (nSPS) is 11.7. The molecule has 0 aliphatic rings. The summed E-state index contributed by atoms with van der Waals surface area (Å²) < 4.78 is 46.0. The molecule has 0 saturated heterocycles. The molecule has 1 N–H and O–H groups in total. The number of para-hydroxylation sites is 1. The molecule has 142 valence electrons. The van der Waals surface area contributed by atoms with Gasteiger partial charge in [-0.1, -0.05) is 32.0 Å². The van der Waals surface area contributed by atoms with Gasteiger partial charge in [-0.05, 0) is 43.4 Å². The molecule has 5 nitrogen and oxygen atoms in total. The van der Waals surface area contributed by atoms with Crippen LogP contribution >= 0.6 is 0 Å². The summed E-state index contributed by atoms with van der Waals surface area (Å²) in [6.45, 7) is 7.55. The minimum Gasteiger partial charge on any atom is -0.492 e. The number of ether oxygens (including phenoxy) is 1. The van der Waals surface area contributed by atoms with Gasteiger partial charge in [0.05, 0.1) is 4.90 Å². The van der Waals surface area contributed by atoms with E-state index in [1.165, 1.54) is 12.1 Å². The lowest BCUT2D eigenvalue weighted by atomic mass is 10.2. The number of likely N-dealkylation sites (N-methyl/N-ethyl adjacent to an activating group) is 1. The highest BCUT2D eigenvalue weighted by molar-refractivity contribution is 7.89. The maximum atomic E-state index is 13.0. The topological polar surface area (TPSA) is 58.6 Å². The summed E-state index contributed by atoms with van der Waals surface area (Å²) in [6.07, 6.45) is 0. The van der Waals surface area contributed by atoms with E-state index >= 15 is 0 Å². The zero-order valence-electron chi connectivity index (χ0n) is 15.1. The monoisotopic (exact) mass is 380 g/mol. The van der Waals surface area contributed by atoms with Gasteiger partial charge in [0, 0.05) is 18.7 Å². The van der Waals surface area contributed by atoms with E-state index in [1.54, 1.807) is 0 Å². The molecular formula is C19H25FN2O3S. The first-order valence-electron chi connectivity index (χ1n) is 8.64. The van der Waals surface area contributed by atoms with E-state index < -0.39 is 15.8 Å². The molecule has 2 rings (SSSR count). The van der Waals surface area contributed by atoms with Crippen molar-refractivity contribution in [1.82, 2.24) is 9.62 Å². The van der Waals surface area contributed by atoms with Gasteiger partial charge in [0.15, 0.2) is 0 Å². The van der Waals surface area contributed by atoms with Gasteiger partial charge >= 0.3 is 0 Å². The third-order valence-electron chi connectivity index (χ3n) is 4.11. The third kappa shape index (κ3) is 5.79. The molecule has 0 unspecified atom stereocenters. The Morgan fingerprint density at radius 3 is 2.35 bits per heavy atom. The number of halogens is 1. The van der Waals surface area contributed by atoms with Gasteiger partial charge in [-0.15, -0.1) is 0 Å². The quantitative estimate of drug-likeness (QED) is 0.688. The van der Waals surface area contributed by atoms with Gasteiger partial charge in [0.25, 0.3) is 0 Å². The van der Waals surface area contributed by atoms with Crippen LogP contribution in [0.25, 0.3) is 0 Å². The first kappa shape index (κ1) is 20.4. The van der Waals surface area contributed by atoms with Gasteiger partial charge in [-0.3, -0.25) is 0 Å². The minimum absolute atomic E-state index is 0.0267. The molecule has 0 fully saturated rings. The molecule has 0 atom stereocenters. The fourth-order valence-corrected chi connectivity index (χ4v) is 3.49. The molecule has 0 aliphatic carbocycles. The third-order valence-corrected chi connectivity index (χ3v) is 5.53. The summed E-state index contributed by atoms with van der Waals surface area (Å²) >= 11 is 0. The summed E-state index contributed by atoms with van der Waals surface area (Å²) in [4.78, 5) is 2.28. The Bertz CT molecular complexity index is 791. The van der Waals surface area contributed by atoms with E-state index in [4.69, 9.17) is 4.74 Å². The van der Waals surface area contributed by atoms with Crippen molar-refractivity contribution in [3.8, 4) is 5.75 Å². The Morgan fingerprint density at radius 1 is 1.04 bits per heavy atom. The standard InChI is InChI=1S/C19H25FN2O3S/c1-3-22(4-2)13-14-25-19-8-6-5-7-16(19)15-21-26(23,24)18-11-9-17(20)10-12-18/h5-12,21H,3-4,13-15H2,1-2H3. The van der Waals surface area contributed by atoms with Crippen molar-refractivity contribution in [3.63, 3.8) is 0 Å². The second kappa shape index (κ2) is 9.66. The lowest BCUT2D eigenvalue weighted by Crippen LogP contribution is -2.28. The van der Waals surface area contributed by atoms with Crippen molar-refractivity contribution in [2.45, 2.75) is 25.3 Å². The molecule has 0 aliphatic heterocycles. The summed E-state index contributed by atoms with van der Waals surface area (Å²) in [5.41, 5.74) is 0.748. The van der Waals surface area contributed by atoms with Crippen LogP contribution in [0.15, 0.2) is 53.4 Å². The van der Waals surface area contributed by atoms with Crippen molar-refractivity contribution >= 4 is 10.0 Å². The number of nitrogens with one attached hydrogen (secondary N) is 1. The first-order valence-corrected chi connectivity index (χ1v) is 10.1. The molecule has 7 heteroatoms. The van der Waals surface area contributed by atoms with Crippen LogP contribution in [-0.4, -0.2) is 39.6 Å². The van der Waals surface area contributed by atoms with Gasteiger partial charge < -0.3 is 9.64 Å². The van der Waals surface area contributed by atoms with Crippen molar-refractivity contribution < 1.29 is 17.5 Å². The smallest absolute Gasteiger partial charge is 0.240 e. The fraction of sp³-hybridized carbons (Fsp3) is 0.368. The minimum atomic E-state index is -3.71. The van der Waals surface area contributed by atoms with Crippen molar-refractivity contribution in [1.29, 1.82) is 0 Å². The summed E-state index contributed by atoms with van der Waals surface area (Å²) in [5, 5.41) is 0. The van der Waals surface area contributed by atoms with Gasteiger partial charge in [-0.25, -0.2) is 17.5 Å². The number of rotatable bonds is 10. The Labute approximate surface area is 154 Å². The zero-order chi connectivity index (χ0) is 19.0. The van der Waals surface area contributed by atoms with Crippen LogP contribution in [0.4, 0.5) is 4.39 Å². The SMILES string of the molecule is CCN(CC)CCOc1ccccc1CNS(=O)(=O)c1ccc(F)cc1. The molecule has 0 amide bonds. The Hall–Kier alpha value is -1.96. The van der Waals surface area contributed by atoms with Gasteiger partial charge in [0.1, 0.15) is 18.2 Å². The van der Waals surface area contributed by atoms with Crippen LogP contribution in [0, 0.1) is 5.82 Å². The highest BCUT2D eigenvalue weighted by Gasteiger charge is 2.15. The molecule has 0 spiro atoms. The van der Waals surface area contributed by atoms with E-state index in [9.17, 15) is 12.8 Å². The van der Waals surface area contributed by atoms with Crippen LogP contribution < -0.4 is 9.46 Å². The van der Waals surface area contributed by atoms with Crippen LogP contribution in [0.3, 0.4) is 0 Å². The Kier molecular flexibility index (Phi) is 7.56. The molecule has 26 heavy (non-hydrogen) atoms. The highest BCUT2D eigenvalue weighted by Crippen LogP contribution is 2.19. The van der Waals surface area contributed by atoms with E-state index in [-0.39, 0.29) is 11.4 Å². The van der Waals surface area contributed by atoms with E-state index in [0.717, 1.165) is 37.3 Å². The Balaban J connectivity index is 2.00. The predicted molar refractivity (Wildman–Crippen MR) is 100 cm³/mol. The average molecular weight is 380 g/mol. The largest absolute Gasteiger partial charge is 0.492 e. The van der Waals surface area contributed by atoms with Crippen LogP contribution in [-0.2, 0) is 16.6 Å². The molecular weight excluding hydrogens is 355 g/mol. The summed E-state index contributed by atoms with van der Waals surface area (Å²) in [6, 6.07) is 12.1. The number of nitrogens with zero attached hydrogens (tertiary/aromatic N) is 1. The lowest BCUT2D eigenvalue weighted by molar-refractivity contribution is 0.221. The number of sulfonamides is 1. The van der Waals surface area contributed by atoms with Crippen molar-refractivity contribution in [2.24, 2.45) is 0 Å². The zero-order valence-corrected chi connectivity index (χ0v) is 15.9.